The number of carbonyl (C=O) groups excluding carboxylic acids is 1. The number of likely N-dealkylation sites (tertiary alicyclic amines) is 1. The number of hydrogen-bond donors (Lipinski definition) is 1. The van der Waals surface area contributed by atoms with Gasteiger partial charge in [-0.1, -0.05) is 20.8 Å². The highest BCUT2D eigenvalue weighted by Crippen LogP contribution is 2.22. The molecule has 4 heteroatoms. The SMILES string of the molecule is CNCC(C)C(=O)N1CC(C)CC(C)C1.Cl. The lowest BCUT2D eigenvalue weighted by molar-refractivity contribution is -0.137. The smallest absolute Gasteiger partial charge is 0.226 e. The zero-order valence-electron chi connectivity index (χ0n) is 10.8. The first-order chi connectivity index (χ1) is 7.04. The molecule has 1 fully saturated rings. The van der Waals surface area contributed by atoms with Crippen LogP contribution < -0.4 is 5.32 Å². The average molecular weight is 249 g/mol. The molecule has 1 heterocycles. The Morgan fingerprint density at radius 3 is 2.31 bits per heavy atom. The molecule has 0 bridgehead atoms. The molecule has 1 rings (SSSR count). The van der Waals surface area contributed by atoms with Crippen molar-refractivity contribution in [2.24, 2.45) is 17.8 Å². The van der Waals surface area contributed by atoms with E-state index in [-0.39, 0.29) is 18.3 Å². The van der Waals surface area contributed by atoms with Gasteiger partial charge < -0.3 is 10.2 Å². The summed E-state index contributed by atoms with van der Waals surface area (Å²) in [6, 6.07) is 0. The number of rotatable bonds is 3. The third-order valence-electron chi connectivity index (χ3n) is 3.11. The summed E-state index contributed by atoms with van der Waals surface area (Å²) in [5.74, 6) is 1.72. The Labute approximate surface area is 105 Å². The average Bonchev–Trinajstić information content (AvgIpc) is 2.15. The molecule has 1 N–H and O–H groups in total. The van der Waals surface area contributed by atoms with Crippen molar-refractivity contribution in [3.8, 4) is 0 Å². The summed E-state index contributed by atoms with van der Waals surface area (Å²) < 4.78 is 0. The quantitative estimate of drug-likeness (QED) is 0.826. The molecule has 0 aromatic carbocycles. The van der Waals surface area contributed by atoms with E-state index in [1.165, 1.54) is 6.42 Å². The van der Waals surface area contributed by atoms with Crippen LogP contribution in [0.2, 0.25) is 0 Å². The summed E-state index contributed by atoms with van der Waals surface area (Å²) in [5.41, 5.74) is 0. The Balaban J connectivity index is 0.00000225. The lowest BCUT2D eigenvalue weighted by atomic mass is 9.91. The van der Waals surface area contributed by atoms with Crippen molar-refractivity contribution in [2.75, 3.05) is 26.7 Å². The fraction of sp³-hybridized carbons (Fsp3) is 0.917. The molecule has 0 aromatic rings. The number of amides is 1. The Bertz CT molecular complexity index is 213. The standard InChI is InChI=1S/C12H24N2O.ClH/c1-9-5-10(2)8-14(7-9)12(15)11(3)6-13-4;/h9-11,13H,5-8H2,1-4H3;1H. The lowest BCUT2D eigenvalue weighted by Crippen LogP contribution is -2.46. The summed E-state index contributed by atoms with van der Waals surface area (Å²) >= 11 is 0. The largest absolute Gasteiger partial charge is 0.342 e. The van der Waals surface area contributed by atoms with E-state index in [9.17, 15) is 4.79 Å². The van der Waals surface area contributed by atoms with Crippen LogP contribution in [0.15, 0.2) is 0 Å². The van der Waals surface area contributed by atoms with E-state index in [4.69, 9.17) is 0 Å². The van der Waals surface area contributed by atoms with Gasteiger partial charge in [-0.2, -0.15) is 0 Å². The zero-order chi connectivity index (χ0) is 11.4. The van der Waals surface area contributed by atoms with Crippen LogP contribution in [0.3, 0.4) is 0 Å². The van der Waals surface area contributed by atoms with Crippen LogP contribution >= 0.6 is 12.4 Å². The number of nitrogens with zero attached hydrogens (tertiary/aromatic N) is 1. The van der Waals surface area contributed by atoms with Crippen LogP contribution in [0.1, 0.15) is 27.2 Å². The third kappa shape index (κ3) is 4.30. The van der Waals surface area contributed by atoms with Gasteiger partial charge in [-0.3, -0.25) is 4.79 Å². The van der Waals surface area contributed by atoms with Gasteiger partial charge in [0.2, 0.25) is 5.91 Å². The van der Waals surface area contributed by atoms with E-state index in [1.807, 2.05) is 18.9 Å². The van der Waals surface area contributed by atoms with E-state index in [0.29, 0.717) is 17.7 Å². The molecular weight excluding hydrogens is 224 g/mol. The van der Waals surface area contributed by atoms with Gasteiger partial charge in [-0.25, -0.2) is 0 Å². The van der Waals surface area contributed by atoms with E-state index >= 15 is 0 Å². The second-order valence-corrected chi connectivity index (χ2v) is 5.15. The van der Waals surface area contributed by atoms with E-state index in [1.54, 1.807) is 0 Å². The fourth-order valence-electron chi connectivity index (χ4n) is 2.55. The summed E-state index contributed by atoms with van der Waals surface area (Å²) in [7, 11) is 1.89. The minimum absolute atomic E-state index is 0. The van der Waals surface area contributed by atoms with Gasteiger partial charge in [0.05, 0.1) is 0 Å². The molecule has 3 nitrogen and oxygen atoms in total. The van der Waals surface area contributed by atoms with Gasteiger partial charge in [-0.15, -0.1) is 12.4 Å². The second-order valence-electron chi connectivity index (χ2n) is 5.15. The van der Waals surface area contributed by atoms with Crippen LogP contribution in [-0.2, 0) is 4.79 Å². The molecule has 16 heavy (non-hydrogen) atoms. The third-order valence-corrected chi connectivity index (χ3v) is 3.11. The molecule has 1 amide bonds. The number of carbonyl (C=O) groups is 1. The molecule has 0 aliphatic carbocycles. The predicted octanol–water partition coefficient (Wildman–Crippen LogP) is 1.77. The maximum Gasteiger partial charge on any atom is 0.226 e. The van der Waals surface area contributed by atoms with Gasteiger partial charge >= 0.3 is 0 Å². The van der Waals surface area contributed by atoms with Crippen molar-refractivity contribution in [2.45, 2.75) is 27.2 Å². The zero-order valence-corrected chi connectivity index (χ0v) is 11.6. The second kappa shape index (κ2) is 7.13. The minimum Gasteiger partial charge on any atom is -0.342 e. The van der Waals surface area contributed by atoms with E-state index in [2.05, 4.69) is 19.2 Å². The van der Waals surface area contributed by atoms with Crippen molar-refractivity contribution < 1.29 is 4.79 Å². The highest BCUT2D eigenvalue weighted by atomic mass is 35.5. The first-order valence-electron chi connectivity index (χ1n) is 5.98. The van der Waals surface area contributed by atoms with Crippen molar-refractivity contribution in [1.29, 1.82) is 0 Å². The number of piperidine rings is 1. The Morgan fingerprint density at radius 1 is 1.38 bits per heavy atom. The topological polar surface area (TPSA) is 32.3 Å². The van der Waals surface area contributed by atoms with Gasteiger partial charge in [0, 0.05) is 25.6 Å². The molecule has 0 saturated carbocycles. The van der Waals surface area contributed by atoms with Gasteiger partial charge in [0.25, 0.3) is 0 Å². The Hall–Kier alpha value is -0.280. The van der Waals surface area contributed by atoms with Gasteiger partial charge in [0.15, 0.2) is 0 Å². The van der Waals surface area contributed by atoms with Crippen LogP contribution in [0.4, 0.5) is 0 Å². The summed E-state index contributed by atoms with van der Waals surface area (Å²) in [5, 5.41) is 3.06. The normalized spacial score (nSPS) is 27.1. The van der Waals surface area contributed by atoms with Crippen molar-refractivity contribution in [1.82, 2.24) is 10.2 Å². The highest BCUT2D eigenvalue weighted by Gasteiger charge is 2.27. The predicted molar refractivity (Wildman–Crippen MR) is 69.9 cm³/mol. The molecule has 1 aliphatic heterocycles. The Morgan fingerprint density at radius 2 is 1.88 bits per heavy atom. The minimum atomic E-state index is 0. The number of halogens is 1. The molecule has 3 unspecified atom stereocenters. The molecule has 0 radical (unpaired) electrons. The summed E-state index contributed by atoms with van der Waals surface area (Å²) in [6.45, 7) is 9.13. The van der Waals surface area contributed by atoms with Crippen LogP contribution in [0, 0.1) is 17.8 Å². The molecule has 3 atom stereocenters. The van der Waals surface area contributed by atoms with Crippen molar-refractivity contribution >= 4 is 18.3 Å². The molecule has 96 valence electrons. The maximum atomic E-state index is 12.1. The molecule has 1 saturated heterocycles. The van der Waals surface area contributed by atoms with Gasteiger partial charge in [-0.05, 0) is 25.3 Å². The van der Waals surface area contributed by atoms with Gasteiger partial charge in [0.1, 0.15) is 0 Å². The van der Waals surface area contributed by atoms with Crippen LogP contribution in [0.5, 0.6) is 0 Å². The highest BCUT2D eigenvalue weighted by molar-refractivity contribution is 5.85. The maximum absolute atomic E-state index is 12.1. The molecular formula is C12H25ClN2O. The van der Waals surface area contributed by atoms with E-state index in [0.717, 1.165) is 19.6 Å². The van der Waals surface area contributed by atoms with Crippen molar-refractivity contribution in [3.05, 3.63) is 0 Å². The molecule has 0 aromatic heterocycles. The van der Waals surface area contributed by atoms with Crippen LogP contribution in [0.25, 0.3) is 0 Å². The van der Waals surface area contributed by atoms with Crippen molar-refractivity contribution in [3.63, 3.8) is 0 Å². The Kier molecular flexibility index (Phi) is 7.00. The summed E-state index contributed by atoms with van der Waals surface area (Å²) in [4.78, 5) is 14.1. The summed E-state index contributed by atoms with van der Waals surface area (Å²) in [6.07, 6.45) is 1.25. The first kappa shape index (κ1) is 15.7. The van der Waals surface area contributed by atoms with Crippen LogP contribution in [-0.4, -0.2) is 37.5 Å². The monoisotopic (exact) mass is 248 g/mol. The van der Waals surface area contributed by atoms with E-state index < -0.39 is 0 Å². The molecule has 1 aliphatic rings. The lowest BCUT2D eigenvalue weighted by Gasteiger charge is -2.36. The first-order valence-corrected chi connectivity index (χ1v) is 5.98. The fourth-order valence-corrected chi connectivity index (χ4v) is 2.55. The molecule has 0 spiro atoms. The number of nitrogens with one attached hydrogen (secondary N) is 1. The number of hydrogen-bond acceptors (Lipinski definition) is 2.